The van der Waals surface area contributed by atoms with Crippen molar-refractivity contribution in [2.75, 3.05) is 14.2 Å². The van der Waals surface area contributed by atoms with Crippen LogP contribution in [0.3, 0.4) is 0 Å². The normalized spacial score (nSPS) is 9.00. The lowest BCUT2D eigenvalue weighted by atomic mass is 10.5. The standard InChI is InChI=1S/C6H7N2O2/c1-9-5-3-6(10-2)8-7-4-5/h4H,1-2H3. The zero-order valence-electron chi connectivity index (χ0n) is 5.79. The summed E-state index contributed by atoms with van der Waals surface area (Å²) in [6.45, 7) is 0. The van der Waals surface area contributed by atoms with E-state index in [0.29, 0.717) is 11.6 Å². The zero-order valence-corrected chi connectivity index (χ0v) is 5.79. The molecule has 0 aliphatic heterocycles. The maximum absolute atomic E-state index is 4.82. The van der Waals surface area contributed by atoms with Gasteiger partial charge in [-0.15, -0.1) is 5.10 Å². The summed E-state index contributed by atoms with van der Waals surface area (Å²) in [6.07, 6.45) is 1.46. The van der Waals surface area contributed by atoms with E-state index in [9.17, 15) is 0 Å². The highest BCUT2D eigenvalue weighted by atomic mass is 16.5. The summed E-state index contributed by atoms with van der Waals surface area (Å²) in [5.74, 6) is 0.853. The van der Waals surface area contributed by atoms with Gasteiger partial charge in [0, 0.05) is 0 Å². The third-order valence-electron chi connectivity index (χ3n) is 0.967. The molecule has 1 heterocycles. The number of hydrogen-bond donors (Lipinski definition) is 0. The summed E-state index contributed by atoms with van der Waals surface area (Å²) < 4.78 is 9.57. The van der Waals surface area contributed by atoms with Gasteiger partial charge in [-0.3, -0.25) is 0 Å². The lowest BCUT2D eigenvalue weighted by molar-refractivity contribution is 0.373. The maximum atomic E-state index is 4.82. The van der Waals surface area contributed by atoms with Gasteiger partial charge in [-0.1, -0.05) is 0 Å². The Bertz CT molecular complexity index is 195. The lowest BCUT2D eigenvalue weighted by Crippen LogP contribution is -1.92. The van der Waals surface area contributed by atoms with E-state index in [1.54, 1.807) is 0 Å². The van der Waals surface area contributed by atoms with E-state index < -0.39 is 0 Å². The van der Waals surface area contributed by atoms with E-state index >= 15 is 0 Å². The first-order valence-corrected chi connectivity index (χ1v) is 2.70. The molecule has 0 aliphatic carbocycles. The van der Waals surface area contributed by atoms with Gasteiger partial charge in [0.1, 0.15) is 0 Å². The summed E-state index contributed by atoms with van der Waals surface area (Å²) in [5.41, 5.74) is 0. The molecule has 0 bridgehead atoms. The van der Waals surface area contributed by atoms with Crippen molar-refractivity contribution < 1.29 is 9.47 Å². The molecular formula is C6H7N2O2. The molecule has 0 saturated carbocycles. The molecule has 4 heteroatoms. The average molecular weight is 139 g/mol. The molecule has 0 N–H and O–H groups in total. The number of nitrogens with zero attached hydrogens (tertiary/aromatic N) is 2. The van der Waals surface area contributed by atoms with Gasteiger partial charge in [0.05, 0.1) is 26.5 Å². The second kappa shape index (κ2) is 3.00. The fraction of sp³-hybridized carbons (Fsp3) is 0.333. The van der Waals surface area contributed by atoms with Gasteiger partial charge >= 0.3 is 0 Å². The van der Waals surface area contributed by atoms with Gasteiger partial charge in [0.2, 0.25) is 5.88 Å². The quantitative estimate of drug-likeness (QED) is 0.590. The topological polar surface area (TPSA) is 44.2 Å². The van der Waals surface area contributed by atoms with Gasteiger partial charge in [0.15, 0.2) is 5.75 Å². The van der Waals surface area contributed by atoms with Crippen molar-refractivity contribution in [3.05, 3.63) is 12.3 Å². The van der Waals surface area contributed by atoms with Crippen LogP contribution >= 0.6 is 0 Å². The largest absolute Gasteiger partial charge is 0.494 e. The van der Waals surface area contributed by atoms with Crippen LogP contribution in [-0.4, -0.2) is 24.4 Å². The zero-order chi connectivity index (χ0) is 7.40. The summed E-state index contributed by atoms with van der Waals surface area (Å²) in [5, 5.41) is 7.19. The monoisotopic (exact) mass is 139 g/mol. The maximum Gasteiger partial charge on any atom is 0.245 e. The molecule has 1 rings (SSSR count). The summed E-state index contributed by atoms with van der Waals surface area (Å²) >= 11 is 0. The minimum atomic E-state index is 0.333. The minimum Gasteiger partial charge on any atom is -0.494 e. The van der Waals surface area contributed by atoms with Crippen molar-refractivity contribution in [2.45, 2.75) is 0 Å². The van der Waals surface area contributed by atoms with Crippen molar-refractivity contribution in [1.29, 1.82) is 0 Å². The van der Waals surface area contributed by atoms with Gasteiger partial charge in [-0.25, -0.2) is 0 Å². The lowest BCUT2D eigenvalue weighted by Gasteiger charge is -1.98. The molecule has 0 aliphatic rings. The third kappa shape index (κ3) is 1.34. The number of aromatic nitrogens is 2. The van der Waals surface area contributed by atoms with E-state index in [1.165, 1.54) is 20.4 Å². The smallest absolute Gasteiger partial charge is 0.245 e. The van der Waals surface area contributed by atoms with Crippen LogP contribution in [0.4, 0.5) is 0 Å². The molecule has 0 amide bonds. The Morgan fingerprint density at radius 2 is 2.20 bits per heavy atom. The van der Waals surface area contributed by atoms with Gasteiger partial charge < -0.3 is 9.47 Å². The molecule has 1 radical (unpaired) electrons. The van der Waals surface area contributed by atoms with Crippen LogP contribution in [-0.2, 0) is 0 Å². The Hall–Kier alpha value is -1.32. The Balaban J connectivity index is 2.87. The van der Waals surface area contributed by atoms with E-state index in [2.05, 4.69) is 16.3 Å². The number of ether oxygens (including phenoxy) is 2. The fourth-order valence-electron chi connectivity index (χ4n) is 0.492. The van der Waals surface area contributed by atoms with Gasteiger partial charge in [-0.2, -0.15) is 5.10 Å². The molecule has 0 aromatic carbocycles. The minimum absolute atomic E-state index is 0.333. The van der Waals surface area contributed by atoms with E-state index in [1.807, 2.05) is 0 Å². The predicted octanol–water partition coefficient (Wildman–Crippen LogP) is 0.294. The van der Waals surface area contributed by atoms with Crippen LogP contribution in [0.5, 0.6) is 11.6 Å². The summed E-state index contributed by atoms with van der Waals surface area (Å²) in [7, 11) is 3.03. The molecular weight excluding hydrogens is 132 g/mol. The highest BCUT2D eigenvalue weighted by Gasteiger charge is 1.96. The number of hydrogen-bond acceptors (Lipinski definition) is 4. The van der Waals surface area contributed by atoms with Gasteiger partial charge in [0.25, 0.3) is 0 Å². The van der Waals surface area contributed by atoms with E-state index in [-0.39, 0.29) is 0 Å². The Kier molecular flexibility index (Phi) is 2.04. The Labute approximate surface area is 58.8 Å². The van der Waals surface area contributed by atoms with Crippen LogP contribution < -0.4 is 9.47 Å². The van der Waals surface area contributed by atoms with E-state index in [4.69, 9.17) is 9.47 Å². The molecule has 0 atom stereocenters. The van der Waals surface area contributed by atoms with Crippen molar-refractivity contribution in [1.82, 2.24) is 10.2 Å². The van der Waals surface area contributed by atoms with Crippen LogP contribution in [0.1, 0.15) is 0 Å². The van der Waals surface area contributed by atoms with Crippen LogP contribution in [0.2, 0.25) is 0 Å². The molecule has 1 aromatic rings. The van der Waals surface area contributed by atoms with Crippen LogP contribution in [0.25, 0.3) is 0 Å². The van der Waals surface area contributed by atoms with Crippen LogP contribution in [0.15, 0.2) is 6.20 Å². The summed E-state index contributed by atoms with van der Waals surface area (Å²) in [6, 6.07) is 2.73. The highest BCUT2D eigenvalue weighted by Crippen LogP contribution is 2.11. The molecule has 0 unspecified atom stereocenters. The van der Waals surface area contributed by atoms with Crippen molar-refractivity contribution in [3.8, 4) is 11.6 Å². The first-order chi connectivity index (χ1) is 4.86. The molecule has 4 nitrogen and oxygen atoms in total. The fourth-order valence-corrected chi connectivity index (χ4v) is 0.492. The van der Waals surface area contributed by atoms with Crippen LogP contribution in [0, 0.1) is 6.07 Å². The first-order valence-electron chi connectivity index (χ1n) is 2.70. The second-order valence-electron chi connectivity index (χ2n) is 1.55. The SMILES string of the molecule is COc1[c]c(OC)nnc1. The molecule has 53 valence electrons. The highest BCUT2D eigenvalue weighted by molar-refractivity contribution is 5.19. The predicted molar refractivity (Wildman–Crippen MR) is 34.0 cm³/mol. The first kappa shape index (κ1) is 6.80. The molecule has 0 saturated heterocycles. The molecule has 0 fully saturated rings. The average Bonchev–Trinajstić information content (AvgIpc) is 2.05. The van der Waals surface area contributed by atoms with Crippen molar-refractivity contribution >= 4 is 0 Å². The number of methoxy groups -OCH3 is 2. The second-order valence-corrected chi connectivity index (χ2v) is 1.55. The third-order valence-corrected chi connectivity index (χ3v) is 0.967. The number of rotatable bonds is 2. The Morgan fingerprint density at radius 3 is 2.80 bits per heavy atom. The van der Waals surface area contributed by atoms with Gasteiger partial charge in [-0.05, 0) is 0 Å². The Morgan fingerprint density at radius 1 is 1.40 bits per heavy atom. The summed E-state index contributed by atoms with van der Waals surface area (Å²) in [4.78, 5) is 0. The molecule has 1 aromatic heterocycles. The molecule has 0 spiro atoms. The van der Waals surface area contributed by atoms with Crippen molar-refractivity contribution in [2.24, 2.45) is 0 Å². The van der Waals surface area contributed by atoms with Crippen molar-refractivity contribution in [3.63, 3.8) is 0 Å². The van der Waals surface area contributed by atoms with E-state index in [0.717, 1.165) is 0 Å². The molecule has 10 heavy (non-hydrogen) atoms.